The second kappa shape index (κ2) is 6.63. The number of hydrogen-bond acceptors (Lipinski definition) is 3. The van der Waals surface area contributed by atoms with Crippen molar-refractivity contribution >= 4 is 39.6 Å². The van der Waals surface area contributed by atoms with Gasteiger partial charge >= 0.3 is 5.97 Å². The highest BCUT2D eigenvalue weighted by atomic mass is 79.9. The summed E-state index contributed by atoms with van der Waals surface area (Å²) in [5, 5.41) is 9.21. The smallest absolute Gasteiger partial charge is 0.326 e. The zero-order chi connectivity index (χ0) is 14.7. The minimum absolute atomic E-state index is 0.0223. The third kappa shape index (κ3) is 3.55. The normalized spacial score (nSPS) is 22.0. The Bertz CT molecular complexity index is 506. The Balaban J connectivity index is 1.94. The largest absolute Gasteiger partial charge is 0.480 e. The molecule has 0 aromatic heterocycles. The van der Waals surface area contributed by atoms with Crippen molar-refractivity contribution in [2.24, 2.45) is 5.92 Å². The molecule has 1 aromatic rings. The molecule has 2 unspecified atom stereocenters. The van der Waals surface area contributed by atoms with Crippen LogP contribution in [0.4, 0.5) is 0 Å². The van der Waals surface area contributed by atoms with Crippen molar-refractivity contribution in [3.8, 4) is 0 Å². The van der Waals surface area contributed by atoms with E-state index in [0.29, 0.717) is 6.54 Å². The van der Waals surface area contributed by atoms with Gasteiger partial charge in [-0.2, -0.15) is 0 Å². The van der Waals surface area contributed by atoms with Gasteiger partial charge in [0.25, 0.3) is 0 Å². The fourth-order valence-electron chi connectivity index (χ4n) is 2.36. The number of amides is 1. The Labute approximate surface area is 130 Å². The number of carboxylic acids is 1. The molecule has 0 spiro atoms. The molecule has 1 aliphatic heterocycles. The maximum absolute atomic E-state index is 12.2. The van der Waals surface area contributed by atoms with Crippen LogP contribution >= 0.6 is 27.7 Å². The zero-order valence-corrected chi connectivity index (χ0v) is 13.5. The van der Waals surface area contributed by atoms with E-state index < -0.39 is 12.0 Å². The van der Waals surface area contributed by atoms with Crippen LogP contribution in [0, 0.1) is 5.92 Å². The summed E-state index contributed by atoms with van der Waals surface area (Å²) in [4.78, 5) is 25.9. The van der Waals surface area contributed by atoms with Crippen molar-refractivity contribution in [3.05, 3.63) is 28.7 Å². The maximum Gasteiger partial charge on any atom is 0.326 e. The Kier molecular flexibility index (Phi) is 5.10. The first-order valence-electron chi connectivity index (χ1n) is 6.39. The third-order valence-corrected chi connectivity index (χ3v) is 4.97. The first kappa shape index (κ1) is 15.4. The highest BCUT2D eigenvalue weighted by Crippen LogP contribution is 2.26. The lowest BCUT2D eigenvalue weighted by Gasteiger charge is -2.23. The molecule has 20 heavy (non-hydrogen) atoms. The summed E-state index contributed by atoms with van der Waals surface area (Å²) in [7, 11) is 0. The van der Waals surface area contributed by atoms with Crippen molar-refractivity contribution in [3.63, 3.8) is 0 Å². The molecule has 0 radical (unpaired) electrons. The van der Waals surface area contributed by atoms with Crippen LogP contribution in [0.15, 0.2) is 33.6 Å². The topological polar surface area (TPSA) is 57.6 Å². The van der Waals surface area contributed by atoms with E-state index in [-0.39, 0.29) is 17.6 Å². The molecule has 1 saturated heterocycles. The van der Waals surface area contributed by atoms with Gasteiger partial charge in [-0.15, -0.1) is 11.8 Å². The molecule has 1 heterocycles. The number of carbonyl (C=O) groups excluding carboxylic acids is 1. The number of carboxylic acid groups (broad SMARTS) is 1. The van der Waals surface area contributed by atoms with Crippen LogP contribution in [-0.2, 0) is 9.59 Å². The number of benzene rings is 1. The fraction of sp³-hybridized carbons (Fsp3) is 0.429. The summed E-state index contributed by atoms with van der Waals surface area (Å²) in [6.45, 7) is 2.42. The van der Waals surface area contributed by atoms with E-state index >= 15 is 0 Å². The number of rotatable bonds is 4. The highest BCUT2D eigenvalue weighted by molar-refractivity contribution is 9.10. The predicted molar refractivity (Wildman–Crippen MR) is 81.8 cm³/mol. The number of aliphatic carboxylic acids is 1. The molecule has 1 amide bonds. The number of nitrogens with zero attached hydrogens (tertiary/aromatic N) is 1. The fourth-order valence-corrected chi connectivity index (χ4v) is 3.41. The minimum Gasteiger partial charge on any atom is -0.480 e. The van der Waals surface area contributed by atoms with E-state index in [1.54, 1.807) is 0 Å². The number of halogens is 1. The molecular formula is C14H16BrNO3S. The van der Waals surface area contributed by atoms with Crippen molar-refractivity contribution < 1.29 is 14.7 Å². The molecule has 2 atom stereocenters. The number of hydrogen-bond donors (Lipinski definition) is 1. The summed E-state index contributed by atoms with van der Waals surface area (Å²) in [6.07, 6.45) is 0.756. The predicted octanol–water partition coefficient (Wildman–Crippen LogP) is 2.86. The molecule has 0 aliphatic carbocycles. The van der Waals surface area contributed by atoms with Crippen molar-refractivity contribution in [1.82, 2.24) is 4.90 Å². The Morgan fingerprint density at radius 2 is 2.05 bits per heavy atom. The van der Waals surface area contributed by atoms with Crippen LogP contribution in [0.1, 0.15) is 13.3 Å². The molecule has 0 bridgehead atoms. The summed E-state index contributed by atoms with van der Waals surface area (Å²) in [6, 6.07) is 7.04. The molecule has 108 valence electrons. The van der Waals surface area contributed by atoms with Crippen molar-refractivity contribution in [2.75, 3.05) is 12.3 Å². The average molecular weight is 358 g/mol. The number of likely N-dealkylation sites (tertiary alicyclic amines) is 1. The molecule has 6 heteroatoms. The van der Waals surface area contributed by atoms with Crippen molar-refractivity contribution in [2.45, 2.75) is 24.3 Å². The summed E-state index contributed by atoms with van der Waals surface area (Å²) in [5.74, 6) is -0.709. The third-order valence-electron chi connectivity index (χ3n) is 3.45. The SMILES string of the molecule is CC1CCN(C(=O)CSc2ccc(Br)cc2)C1C(=O)O. The van der Waals surface area contributed by atoms with E-state index in [2.05, 4.69) is 15.9 Å². The van der Waals surface area contributed by atoms with Crippen LogP contribution < -0.4 is 0 Å². The first-order chi connectivity index (χ1) is 9.49. The minimum atomic E-state index is -0.906. The highest BCUT2D eigenvalue weighted by Gasteiger charge is 2.39. The lowest BCUT2D eigenvalue weighted by molar-refractivity contribution is -0.148. The molecule has 1 N–H and O–H groups in total. The van der Waals surface area contributed by atoms with Crippen LogP contribution in [-0.4, -0.2) is 40.2 Å². The lowest BCUT2D eigenvalue weighted by Crippen LogP contribution is -2.43. The standard InChI is InChI=1S/C14H16BrNO3S/c1-9-6-7-16(13(9)14(18)19)12(17)8-20-11-4-2-10(15)3-5-11/h2-5,9,13H,6-8H2,1H3,(H,18,19). The Morgan fingerprint density at radius 3 is 2.65 bits per heavy atom. The van der Waals surface area contributed by atoms with Crippen LogP contribution in [0.25, 0.3) is 0 Å². The molecule has 0 saturated carbocycles. The molecule has 1 aliphatic rings. The van der Waals surface area contributed by atoms with E-state index in [1.165, 1.54) is 16.7 Å². The van der Waals surface area contributed by atoms with Crippen LogP contribution in [0.3, 0.4) is 0 Å². The van der Waals surface area contributed by atoms with Crippen LogP contribution in [0.5, 0.6) is 0 Å². The zero-order valence-electron chi connectivity index (χ0n) is 11.1. The van der Waals surface area contributed by atoms with E-state index in [0.717, 1.165) is 15.8 Å². The number of thioether (sulfide) groups is 1. The van der Waals surface area contributed by atoms with Gasteiger partial charge in [0.2, 0.25) is 5.91 Å². The first-order valence-corrected chi connectivity index (χ1v) is 8.17. The van der Waals surface area contributed by atoms with E-state index in [1.807, 2.05) is 31.2 Å². The van der Waals surface area contributed by atoms with Gasteiger partial charge < -0.3 is 10.0 Å². The van der Waals surface area contributed by atoms with Gasteiger partial charge in [-0.1, -0.05) is 22.9 Å². The quantitative estimate of drug-likeness (QED) is 0.841. The maximum atomic E-state index is 12.2. The molecule has 4 nitrogen and oxygen atoms in total. The van der Waals surface area contributed by atoms with Gasteiger partial charge in [-0.25, -0.2) is 4.79 Å². The second-order valence-corrected chi connectivity index (χ2v) is 6.84. The van der Waals surface area contributed by atoms with E-state index in [4.69, 9.17) is 0 Å². The van der Waals surface area contributed by atoms with Crippen molar-refractivity contribution in [1.29, 1.82) is 0 Å². The molecule has 2 rings (SSSR count). The van der Waals surface area contributed by atoms with Gasteiger partial charge in [-0.3, -0.25) is 4.79 Å². The lowest BCUT2D eigenvalue weighted by atomic mass is 10.0. The molecular weight excluding hydrogens is 342 g/mol. The van der Waals surface area contributed by atoms with E-state index in [9.17, 15) is 14.7 Å². The Hall–Kier alpha value is -1.01. The van der Waals surface area contributed by atoms with Gasteiger partial charge in [-0.05, 0) is 36.6 Å². The van der Waals surface area contributed by atoms with Gasteiger partial charge in [0.05, 0.1) is 5.75 Å². The summed E-state index contributed by atoms with van der Waals surface area (Å²) < 4.78 is 0.993. The summed E-state index contributed by atoms with van der Waals surface area (Å²) in [5.41, 5.74) is 0. The van der Waals surface area contributed by atoms with Gasteiger partial charge in [0.15, 0.2) is 0 Å². The average Bonchev–Trinajstić information content (AvgIpc) is 2.80. The number of carbonyl (C=O) groups is 2. The molecule has 1 aromatic carbocycles. The summed E-state index contributed by atoms with van der Waals surface area (Å²) >= 11 is 4.79. The molecule has 1 fully saturated rings. The van der Waals surface area contributed by atoms with Gasteiger partial charge in [0, 0.05) is 15.9 Å². The monoisotopic (exact) mass is 357 g/mol. The van der Waals surface area contributed by atoms with Crippen LogP contribution in [0.2, 0.25) is 0 Å². The Morgan fingerprint density at radius 1 is 1.40 bits per heavy atom. The second-order valence-electron chi connectivity index (χ2n) is 4.88. The van der Waals surface area contributed by atoms with Gasteiger partial charge in [0.1, 0.15) is 6.04 Å².